The number of halogens is 1. The van der Waals surface area contributed by atoms with E-state index in [0.717, 1.165) is 24.6 Å². The maximum Gasteiger partial charge on any atom is 0.141 e. The number of nitrogens with one attached hydrogen (secondary N) is 1. The van der Waals surface area contributed by atoms with Gasteiger partial charge in [-0.05, 0) is 63.2 Å². The number of piperidine rings is 1. The molecule has 3 rings (SSSR count). The fourth-order valence-electron chi connectivity index (χ4n) is 3.70. The van der Waals surface area contributed by atoms with Crippen LogP contribution in [0.25, 0.3) is 0 Å². The van der Waals surface area contributed by atoms with E-state index < -0.39 is 0 Å². The largest absolute Gasteiger partial charge is 0.314 e. The summed E-state index contributed by atoms with van der Waals surface area (Å²) in [5.41, 5.74) is 0.991. The molecule has 0 bridgehead atoms. The summed E-state index contributed by atoms with van der Waals surface area (Å²) in [5.74, 6) is 0.510. The van der Waals surface area contributed by atoms with Crippen molar-refractivity contribution in [2.45, 2.75) is 44.7 Å². The zero-order valence-electron chi connectivity index (χ0n) is 12.2. The molecule has 3 heterocycles. The van der Waals surface area contributed by atoms with Gasteiger partial charge >= 0.3 is 0 Å². The quantitative estimate of drug-likeness (QED) is 0.921. The Hall–Kier alpha value is -1.00. The fourth-order valence-corrected chi connectivity index (χ4v) is 3.70. The highest BCUT2D eigenvalue weighted by atomic mass is 19.1. The molecule has 2 fully saturated rings. The fraction of sp³-hybridized carbons (Fsp3) is 0.688. The van der Waals surface area contributed by atoms with Crippen LogP contribution in [0, 0.1) is 11.7 Å². The molecule has 2 saturated heterocycles. The highest BCUT2D eigenvalue weighted by Crippen LogP contribution is 2.30. The van der Waals surface area contributed by atoms with Gasteiger partial charge in [0.05, 0.1) is 6.20 Å². The zero-order valence-corrected chi connectivity index (χ0v) is 12.2. The Bertz CT molecular complexity index is 445. The van der Waals surface area contributed by atoms with Crippen LogP contribution in [-0.4, -0.2) is 35.6 Å². The van der Waals surface area contributed by atoms with Crippen molar-refractivity contribution in [3.8, 4) is 0 Å². The summed E-state index contributed by atoms with van der Waals surface area (Å²) in [6.07, 6.45) is 8.26. The van der Waals surface area contributed by atoms with E-state index in [1.165, 1.54) is 38.4 Å². The molecule has 3 unspecified atom stereocenters. The Kier molecular flexibility index (Phi) is 4.32. The second-order valence-corrected chi connectivity index (χ2v) is 6.21. The molecule has 0 amide bonds. The van der Waals surface area contributed by atoms with Gasteiger partial charge in [-0.15, -0.1) is 0 Å². The number of likely N-dealkylation sites (tertiary alicyclic amines) is 1. The van der Waals surface area contributed by atoms with Crippen molar-refractivity contribution >= 4 is 0 Å². The average Bonchev–Trinajstić information content (AvgIpc) is 3.01. The maximum absolute atomic E-state index is 13.3. The first-order valence-electron chi connectivity index (χ1n) is 7.82. The minimum Gasteiger partial charge on any atom is -0.314 e. The second-order valence-electron chi connectivity index (χ2n) is 6.21. The Morgan fingerprint density at radius 2 is 2.25 bits per heavy atom. The van der Waals surface area contributed by atoms with Gasteiger partial charge in [-0.1, -0.05) is 0 Å². The monoisotopic (exact) mass is 277 g/mol. The predicted molar refractivity (Wildman–Crippen MR) is 77.9 cm³/mol. The van der Waals surface area contributed by atoms with Gasteiger partial charge in [-0.2, -0.15) is 0 Å². The SMILES string of the molecule is CC(c1cncc(F)c1)N1CCCC(C2CCCN2)C1. The first kappa shape index (κ1) is 14.0. The lowest BCUT2D eigenvalue weighted by atomic mass is 9.88. The van der Waals surface area contributed by atoms with Crippen molar-refractivity contribution in [1.82, 2.24) is 15.2 Å². The van der Waals surface area contributed by atoms with Gasteiger partial charge in [0, 0.05) is 24.8 Å². The van der Waals surface area contributed by atoms with Crippen LogP contribution in [0.3, 0.4) is 0 Å². The van der Waals surface area contributed by atoms with E-state index in [4.69, 9.17) is 0 Å². The molecule has 1 aromatic rings. The molecule has 20 heavy (non-hydrogen) atoms. The first-order valence-corrected chi connectivity index (χ1v) is 7.82. The van der Waals surface area contributed by atoms with Crippen LogP contribution in [-0.2, 0) is 0 Å². The topological polar surface area (TPSA) is 28.2 Å². The molecule has 3 nitrogen and oxygen atoms in total. The Balaban J connectivity index is 1.66. The van der Waals surface area contributed by atoms with E-state index in [1.807, 2.05) is 0 Å². The molecule has 110 valence electrons. The Labute approximate surface area is 120 Å². The van der Waals surface area contributed by atoms with Crippen LogP contribution in [0.4, 0.5) is 4.39 Å². The van der Waals surface area contributed by atoms with Gasteiger partial charge in [0.1, 0.15) is 5.82 Å². The van der Waals surface area contributed by atoms with Crippen molar-refractivity contribution in [2.75, 3.05) is 19.6 Å². The summed E-state index contributed by atoms with van der Waals surface area (Å²) >= 11 is 0. The van der Waals surface area contributed by atoms with E-state index >= 15 is 0 Å². The van der Waals surface area contributed by atoms with Gasteiger partial charge in [-0.25, -0.2) is 4.39 Å². The Morgan fingerprint density at radius 3 is 3.00 bits per heavy atom. The molecule has 1 aromatic heterocycles. The lowest BCUT2D eigenvalue weighted by Gasteiger charge is -2.39. The molecule has 0 spiro atoms. The molecule has 2 aliphatic rings. The Morgan fingerprint density at radius 1 is 1.35 bits per heavy atom. The number of nitrogens with zero attached hydrogens (tertiary/aromatic N) is 2. The number of pyridine rings is 1. The summed E-state index contributed by atoms with van der Waals surface area (Å²) in [4.78, 5) is 6.47. The van der Waals surface area contributed by atoms with Gasteiger partial charge in [0.15, 0.2) is 0 Å². The van der Waals surface area contributed by atoms with Crippen molar-refractivity contribution in [3.63, 3.8) is 0 Å². The summed E-state index contributed by atoms with van der Waals surface area (Å²) in [6.45, 7) is 5.57. The van der Waals surface area contributed by atoms with E-state index in [9.17, 15) is 4.39 Å². The van der Waals surface area contributed by atoms with Gasteiger partial charge in [0.2, 0.25) is 0 Å². The molecule has 0 aromatic carbocycles. The summed E-state index contributed by atoms with van der Waals surface area (Å²) < 4.78 is 13.3. The summed E-state index contributed by atoms with van der Waals surface area (Å²) in [5, 5.41) is 3.64. The van der Waals surface area contributed by atoms with Gasteiger partial charge in [0.25, 0.3) is 0 Å². The zero-order chi connectivity index (χ0) is 13.9. The van der Waals surface area contributed by atoms with Crippen LogP contribution in [0.1, 0.15) is 44.2 Å². The van der Waals surface area contributed by atoms with Crippen molar-refractivity contribution in [2.24, 2.45) is 5.92 Å². The highest BCUT2D eigenvalue weighted by Gasteiger charge is 2.31. The minimum absolute atomic E-state index is 0.236. The third-order valence-corrected chi connectivity index (χ3v) is 4.91. The third-order valence-electron chi connectivity index (χ3n) is 4.91. The number of aromatic nitrogens is 1. The molecular formula is C16H24FN3. The van der Waals surface area contributed by atoms with Crippen LogP contribution in [0.5, 0.6) is 0 Å². The van der Waals surface area contributed by atoms with E-state index in [2.05, 4.69) is 22.1 Å². The lowest BCUT2D eigenvalue weighted by molar-refractivity contribution is 0.114. The average molecular weight is 277 g/mol. The molecule has 2 aliphatic heterocycles. The predicted octanol–water partition coefficient (Wildman–Crippen LogP) is 2.75. The third kappa shape index (κ3) is 3.01. The molecule has 4 heteroatoms. The van der Waals surface area contributed by atoms with Crippen LogP contribution < -0.4 is 5.32 Å². The smallest absolute Gasteiger partial charge is 0.141 e. The molecular weight excluding hydrogens is 253 g/mol. The van der Waals surface area contributed by atoms with Crippen molar-refractivity contribution in [1.29, 1.82) is 0 Å². The molecule has 3 atom stereocenters. The highest BCUT2D eigenvalue weighted by molar-refractivity contribution is 5.14. The lowest BCUT2D eigenvalue weighted by Crippen LogP contribution is -2.44. The first-order chi connectivity index (χ1) is 9.74. The molecule has 1 N–H and O–H groups in total. The molecule has 0 saturated carbocycles. The second kappa shape index (κ2) is 6.19. The summed E-state index contributed by atoms with van der Waals surface area (Å²) in [7, 11) is 0. The normalized spacial score (nSPS) is 29.5. The van der Waals surface area contributed by atoms with Crippen LogP contribution >= 0.6 is 0 Å². The van der Waals surface area contributed by atoms with E-state index in [1.54, 1.807) is 12.3 Å². The van der Waals surface area contributed by atoms with Crippen molar-refractivity contribution < 1.29 is 4.39 Å². The van der Waals surface area contributed by atoms with Crippen LogP contribution in [0.15, 0.2) is 18.5 Å². The standard InChI is InChI=1S/C16H24FN3/c1-12(14-8-15(17)10-18-9-14)20-7-3-4-13(11-20)16-5-2-6-19-16/h8-10,12-13,16,19H,2-7,11H2,1H3. The minimum atomic E-state index is -0.236. The summed E-state index contributed by atoms with van der Waals surface area (Å²) in [6, 6.07) is 2.56. The van der Waals surface area contributed by atoms with E-state index in [0.29, 0.717) is 6.04 Å². The number of hydrogen-bond acceptors (Lipinski definition) is 3. The molecule has 0 radical (unpaired) electrons. The number of hydrogen-bond donors (Lipinski definition) is 1. The maximum atomic E-state index is 13.3. The van der Waals surface area contributed by atoms with Crippen LogP contribution in [0.2, 0.25) is 0 Å². The number of rotatable bonds is 3. The van der Waals surface area contributed by atoms with Gasteiger partial charge in [-0.3, -0.25) is 9.88 Å². The van der Waals surface area contributed by atoms with E-state index in [-0.39, 0.29) is 11.9 Å². The van der Waals surface area contributed by atoms with Crippen molar-refractivity contribution in [3.05, 3.63) is 29.8 Å². The van der Waals surface area contributed by atoms with Gasteiger partial charge < -0.3 is 5.32 Å². The molecule has 0 aliphatic carbocycles.